The molecule has 1 aromatic rings. The Kier molecular flexibility index (Phi) is 1.44. The SMILES string of the molecule is c1cnc(C23CCCN2CC3)nc1. The molecule has 3 rings (SSSR count). The van der Waals surface area contributed by atoms with Gasteiger partial charge in [0.2, 0.25) is 0 Å². The lowest BCUT2D eigenvalue weighted by atomic mass is 9.84. The van der Waals surface area contributed by atoms with Gasteiger partial charge >= 0.3 is 0 Å². The standard InChI is InChI=1S/C10H13N3/c1-3-10(4-8-13(10)7-1)9-11-5-2-6-12-9/h2,5-6H,1,3-4,7-8H2. The third-order valence-corrected chi connectivity index (χ3v) is 3.40. The van der Waals surface area contributed by atoms with Gasteiger partial charge in [0.05, 0.1) is 5.54 Å². The third-order valence-electron chi connectivity index (χ3n) is 3.40. The molecule has 0 aromatic carbocycles. The van der Waals surface area contributed by atoms with Crippen molar-refractivity contribution in [3.63, 3.8) is 0 Å². The van der Waals surface area contributed by atoms with Crippen LogP contribution < -0.4 is 0 Å². The van der Waals surface area contributed by atoms with Gasteiger partial charge in [0, 0.05) is 18.9 Å². The lowest BCUT2D eigenvalue weighted by Crippen LogP contribution is -2.53. The second kappa shape index (κ2) is 2.51. The van der Waals surface area contributed by atoms with Gasteiger partial charge in [0.25, 0.3) is 0 Å². The van der Waals surface area contributed by atoms with Gasteiger partial charge < -0.3 is 0 Å². The number of aromatic nitrogens is 2. The van der Waals surface area contributed by atoms with Crippen LogP contribution in [0.4, 0.5) is 0 Å². The number of hydrogen-bond donors (Lipinski definition) is 0. The van der Waals surface area contributed by atoms with Crippen LogP contribution in [0.15, 0.2) is 18.5 Å². The summed E-state index contributed by atoms with van der Waals surface area (Å²) >= 11 is 0. The molecular formula is C10H13N3. The van der Waals surface area contributed by atoms with Gasteiger partial charge in [-0.1, -0.05) is 0 Å². The van der Waals surface area contributed by atoms with Gasteiger partial charge in [-0.05, 0) is 31.9 Å². The lowest BCUT2D eigenvalue weighted by molar-refractivity contribution is 0.0163. The zero-order valence-electron chi connectivity index (χ0n) is 7.61. The normalized spacial score (nSPS) is 32.6. The minimum Gasteiger partial charge on any atom is -0.291 e. The Morgan fingerprint density at radius 2 is 2.00 bits per heavy atom. The smallest absolute Gasteiger partial charge is 0.148 e. The van der Waals surface area contributed by atoms with E-state index in [1.165, 1.54) is 32.4 Å². The minimum atomic E-state index is 0.237. The first-order chi connectivity index (χ1) is 6.42. The van der Waals surface area contributed by atoms with Crippen LogP contribution in [0.25, 0.3) is 0 Å². The third kappa shape index (κ3) is 0.879. The molecule has 3 nitrogen and oxygen atoms in total. The molecule has 1 atom stereocenters. The van der Waals surface area contributed by atoms with Gasteiger partial charge in [0.1, 0.15) is 5.82 Å². The molecule has 2 aliphatic rings. The summed E-state index contributed by atoms with van der Waals surface area (Å²) in [6, 6.07) is 1.89. The highest BCUT2D eigenvalue weighted by atomic mass is 15.3. The van der Waals surface area contributed by atoms with Crippen molar-refractivity contribution in [3.05, 3.63) is 24.3 Å². The second-order valence-electron chi connectivity index (χ2n) is 3.94. The predicted octanol–water partition coefficient (Wildman–Crippen LogP) is 1.17. The monoisotopic (exact) mass is 175 g/mol. The van der Waals surface area contributed by atoms with Crippen molar-refractivity contribution in [1.82, 2.24) is 14.9 Å². The fourth-order valence-corrected chi connectivity index (χ4v) is 2.62. The Balaban J connectivity index is 2.00. The number of fused-ring (bicyclic) bond motifs is 1. The van der Waals surface area contributed by atoms with Crippen LogP contribution in [0.2, 0.25) is 0 Å². The summed E-state index contributed by atoms with van der Waals surface area (Å²) in [5, 5.41) is 0. The van der Waals surface area contributed by atoms with Gasteiger partial charge in [-0.3, -0.25) is 4.90 Å². The van der Waals surface area contributed by atoms with Crippen LogP contribution in [0.1, 0.15) is 25.1 Å². The summed E-state index contributed by atoms with van der Waals surface area (Å²) in [6.07, 6.45) is 7.50. The molecule has 2 saturated heterocycles. The Hall–Kier alpha value is -0.960. The molecule has 0 aliphatic carbocycles. The van der Waals surface area contributed by atoms with E-state index in [1.54, 1.807) is 0 Å². The van der Waals surface area contributed by atoms with Crippen LogP contribution in [-0.2, 0) is 5.54 Å². The average Bonchev–Trinajstić information content (AvgIpc) is 2.45. The zero-order chi connectivity index (χ0) is 8.73. The van der Waals surface area contributed by atoms with E-state index in [-0.39, 0.29) is 5.54 Å². The predicted molar refractivity (Wildman–Crippen MR) is 49.1 cm³/mol. The Labute approximate surface area is 77.8 Å². The first-order valence-electron chi connectivity index (χ1n) is 4.94. The number of rotatable bonds is 1. The van der Waals surface area contributed by atoms with Crippen molar-refractivity contribution < 1.29 is 0 Å². The fraction of sp³-hybridized carbons (Fsp3) is 0.600. The summed E-state index contributed by atoms with van der Waals surface area (Å²) < 4.78 is 0. The molecule has 0 amide bonds. The number of hydrogen-bond acceptors (Lipinski definition) is 3. The quantitative estimate of drug-likeness (QED) is 0.641. The molecule has 3 heteroatoms. The second-order valence-corrected chi connectivity index (χ2v) is 3.94. The molecule has 3 heterocycles. The molecule has 0 N–H and O–H groups in total. The summed E-state index contributed by atoms with van der Waals surface area (Å²) in [6.45, 7) is 2.47. The first-order valence-corrected chi connectivity index (χ1v) is 4.94. The summed E-state index contributed by atoms with van der Waals surface area (Å²) in [5.41, 5.74) is 0.237. The maximum atomic E-state index is 4.38. The highest BCUT2D eigenvalue weighted by Gasteiger charge is 2.50. The van der Waals surface area contributed by atoms with E-state index in [0.717, 1.165) is 5.82 Å². The average molecular weight is 175 g/mol. The molecule has 68 valence electrons. The molecule has 2 fully saturated rings. The first kappa shape index (κ1) is 7.44. The van der Waals surface area contributed by atoms with Crippen LogP contribution >= 0.6 is 0 Å². The summed E-state index contributed by atoms with van der Waals surface area (Å²) in [4.78, 5) is 11.3. The van der Waals surface area contributed by atoms with Crippen LogP contribution in [0, 0.1) is 0 Å². The van der Waals surface area contributed by atoms with Crippen molar-refractivity contribution >= 4 is 0 Å². The van der Waals surface area contributed by atoms with E-state index in [2.05, 4.69) is 14.9 Å². The van der Waals surface area contributed by atoms with Gasteiger partial charge in [-0.15, -0.1) is 0 Å². The molecule has 2 aliphatic heterocycles. The molecule has 0 radical (unpaired) electrons. The molecule has 0 saturated carbocycles. The largest absolute Gasteiger partial charge is 0.291 e. The van der Waals surface area contributed by atoms with Crippen molar-refractivity contribution in [2.45, 2.75) is 24.8 Å². The Bertz CT molecular complexity index is 311. The topological polar surface area (TPSA) is 29.0 Å². The van der Waals surface area contributed by atoms with E-state index >= 15 is 0 Å². The maximum Gasteiger partial charge on any atom is 0.148 e. The summed E-state index contributed by atoms with van der Waals surface area (Å²) in [7, 11) is 0. The molecule has 0 bridgehead atoms. The highest BCUT2D eigenvalue weighted by molar-refractivity contribution is 5.15. The van der Waals surface area contributed by atoms with Crippen LogP contribution in [-0.4, -0.2) is 28.0 Å². The molecule has 1 aromatic heterocycles. The Morgan fingerprint density at radius 1 is 1.15 bits per heavy atom. The number of nitrogens with zero attached hydrogens (tertiary/aromatic N) is 3. The highest BCUT2D eigenvalue weighted by Crippen LogP contribution is 2.46. The van der Waals surface area contributed by atoms with Gasteiger partial charge in [0.15, 0.2) is 0 Å². The maximum absolute atomic E-state index is 4.38. The lowest BCUT2D eigenvalue weighted by Gasteiger charge is -2.46. The van der Waals surface area contributed by atoms with Crippen molar-refractivity contribution in [1.29, 1.82) is 0 Å². The van der Waals surface area contributed by atoms with E-state index in [4.69, 9.17) is 0 Å². The molecule has 1 unspecified atom stereocenters. The van der Waals surface area contributed by atoms with E-state index in [9.17, 15) is 0 Å². The molecular weight excluding hydrogens is 162 g/mol. The molecule has 13 heavy (non-hydrogen) atoms. The van der Waals surface area contributed by atoms with E-state index in [0.29, 0.717) is 0 Å². The summed E-state index contributed by atoms with van der Waals surface area (Å²) in [5.74, 6) is 1.04. The van der Waals surface area contributed by atoms with E-state index in [1.807, 2.05) is 18.5 Å². The van der Waals surface area contributed by atoms with Gasteiger partial charge in [-0.2, -0.15) is 0 Å². The van der Waals surface area contributed by atoms with Crippen LogP contribution in [0.3, 0.4) is 0 Å². The van der Waals surface area contributed by atoms with Crippen molar-refractivity contribution in [3.8, 4) is 0 Å². The van der Waals surface area contributed by atoms with Gasteiger partial charge in [-0.25, -0.2) is 9.97 Å². The fourth-order valence-electron chi connectivity index (χ4n) is 2.62. The minimum absolute atomic E-state index is 0.237. The van der Waals surface area contributed by atoms with Crippen molar-refractivity contribution in [2.75, 3.05) is 13.1 Å². The molecule has 0 spiro atoms. The Morgan fingerprint density at radius 3 is 2.62 bits per heavy atom. The van der Waals surface area contributed by atoms with Crippen LogP contribution in [0.5, 0.6) is 0 Å². The van der Waals surface area contributed by atoms with E-state index < -0.39 is 0 Å². The van der Waals surface area contributed by atoms with Crippen molar-refractivity contribution in [2.24, 2.45) is 0 Å². The zero-order valence-corrected chi connectivity index (χ0v) is 7.61.